The highest BCUT2D eigenvalue weighted by Gasteiger charge is 2.51. The lowest BCUT2D eigenvalue weighted by Gasteiger charge is -2.47. The lowest BCUT2D eigenvalue weighted by atomic mass is 9.86. The van der Waals surface area contributed by atoms with Crippen LogP contribution in [0, 0.1) is 5.92 Å². The summed E-state index contributed by atoms with van der Waals surface area (Å²) in [5, 5.41) is 131. The van der Waals surface area contributed by atoms with Gasteiger partial charge in [-0.15, -0.1) is 0 Å². The lowest BCUT2D eigenvalue weighted by Crippen LogP contribution is -2.64. The third-order valence-electron chi connectivity index (χ3n) is 18.2. The van der Waals surface area contributed by atoms with Gasteiger partial charge in [0.2, 0.25) is 53.4 Å². The average Bonchev–Trinajstić information content (AvgIpc) is 0.796. The molecule has 7 aliphatic heterocycles. The number of primary amides is 1. The number of aromatic nitrogens is 2. The van der Waals surface area contributed by atoms with Crippen LogP contribution in [0.15, 0.2) is 97.6 Å². The van der Waals surface area contributed by atoms with Crippen molar-refractivity contribution in [2.75, 3.05) is 13.7 Å². The van der Waals surface area contributed by atoms with Crippen LogP contribution in [0.25, 0.3) is 11.1 Å². The number of aromatic amines is 1. The SMILES string of the molecule is CN[C@H](CC(C)C)C(=O)N[C@H]1C(=O)N[C@@H](CC(N)=O)C(=O)N[C@H]2C(=O)N[C@H]3C(=O)N[C@H](C(=O)N[C@@H](C(=O)O)c4cc(O)cc(O)c4-c4cc3ccc4O)[C@H](O)c3ccc(c(Cl)c3)Oc3cc2cc(c3O[C@@H]2O[C@H](CO)[C@@H](O)[C@H](O)[C@H]2O[C@H]2C[C@](C)(N)C(O)[C@H](C)O2)Oc2ccc(cc2Cl)[C@H]1O.c1c[nH]cn1. The van der Waals surface area contributed by atoms with Gasteiger partial charge in [0.25, 0.3) is 0 Å². The molecule has 6 aromatic rings. The first-order valence-corrected chi connectivity index (χ1v) is 33.8. The van der Waals surface area contributed by atoms with Crippen molar-refractivity contribution in [1.29, 1.82) is 0 Å². The van der Waals surface area contributed by atoms with Gasteiger partial charge in [-0.25, -0.2) is 9.78 Å². The number of nitrogens with zero attached hydrogens (tertiary/aromatic N) is 1. The number of aliphatic hydroxyl groups excluding tert-OH is 6. The summed E-state index contributed by atoms with van der Waals surface area (Å²) in [4.78, 5) is 123. The molecular formula is C69H79Cl2N11O24. The van der Waals surface area contributed by atoms with Gasteiger partial charge in [-0.05, 0) is 110 Å². The molecule has 13 rings (SSSR count). The first kappa shape index (κ1) is 78.6. The molecule has 0 saturated carbocycles. The minimum atomic E-state index is -2.35. The number of ether oxygens (including phenoxy) is 6. The van der Waals surface area contributed by atoms with Crippen molar-refractivity contribution >= 4 is 70.5 Å². The quantitative estimate of drug-likeness (QED) is 0.0749. The fourth-order valence-electron chi connectivity index (χ4n) is 12.7. The number of nitrogens with one attached hydrogen (secondary N) is 8. The third kappa shape index (κ3) is 17.3. The number of carbonyl (C=O) groups excluding carboxylic acids is 7. The highest BCUT2D eigenvalue weighted by Crippen LogP contribution is 2.50. The first-order valence-electron chi connectivity index (χ1n) is 33.0. The van der Waals surface area contributed by atoms with E-state index in [2.05, 4.69) is 47.2 Å². The molecule has 35 nitrogen and oxygen atoms in total. The van der Waals surface area contributed by atoms with E-state index in [0.29, 0.717) is 0 Å². The van der Waals surface area contributed by atoms with Gasteiger partial charge in [0.1, 0.15) is 89.5 Å². The number of carboxylic acid groups (broad SMARTS) is 1. The predicted octanol–water partition coefficient (Wildman–Crippen LogP) is 0.516. The van der Waals surface area contributed by atoms with Gasteiger partial charge in [-0.2, -0.15) is 0 Å². The maximum absolute atomic E-state index is 16.0. The molecule has 22 N–H and O–H groups in total. The molecule has 0 spiro atoms. The number of carboxylic acids is 1. The summed E-state index contributed by atoms with van der Waals surface area (Å²) in [7, 11) is 1.47. The zero-order valence-corrected chi connectivity index (χ0v) is 58.5. The number of rotatable bonds is 13. The molecule has 2 fully saturated rings. The fraction of sp³-hybridized carbons (Fsp3) is 0.406. The highest BCUT2D eigenvalue weighted by atomic mass is 35.5. The van der Waals surface area contributed by atoms with E-state index < -0.39 is 237 Å². The van der Waals surface area contributed by atoms with Crippen molar-refractivity contribution in [3.8, 4) is 57.1 Å². The number of imidazole rings is 1. The number of nitrogens with two attached hydrogens (primary N) is 2. The van der Waals surface area contributed by atoms with Crippen LogP contribution in [0.4, 0.5) is 0 Å². The number of aliphatic hydroxyl groups is 6. The molecule has 0 aliphatic carbocycles. The predicted molar refractivity (Wildman–Crippen MR) is 368 cm³/mol. The van der Waals surface area contributed by atoms with Crippen LogP contribution in [-0.4, -0.2) is 201 Å². The van der Waals surface area contributed by atoms with E-state index in [9.17, 15) is 75.0 Å². The number of H-pyrrole nitrogens is 1. The van der Waals surface area contributed by atoms with E-state index in [4.69, 9.17) is 63.1 Å². The number of amides is 7. The van der Waals surface area contributed by atoms with Crippen LogP contribution in [0.1, 0.15) is 105 Å². The molecule has 568 valence electrons. The number of aromatic hydroxyl groups is 3. The third-order valence-corrected chi connectivity index (χ3v) is 18.8. The van der Waals surface area contributed by atoms with E-state index in [1.807, 2.05) is 13.8 Å². The number of hydrogen-bond donors (Lipinski definition) is 20. The first-order chi connectivity index (χ1) is 50.2. The molecule has 7 aliphatic rings. The molecule has 0 radical (unpaired) electrons. The van der Waals surface area contributed by atoms with Crippen molar-refractivity contribution in [2.24, 2.45) is 17.4 Å². The number of halogens is 2. The maximum atomic E-state index is 16.0. The van der Waals surface area contributed by atoms with Gasteiger partial charge in [0.05, 0.1) is 47.7 Å². The number of aliphatic carboxylic acids is 1. The number of likely N-dealkylation sites (N-methyl/N-ethyl adjacent to an activating group) is 1. The number of carbonyl (C=O) groups is 8. The minimum absolute atomic E-state index is 0.0975. The Kier molecular flexibility index (Phi) is 24.3. The van der Waals surface area contributed by atoms with Crippen molar-refractivity contribution < 1.29 is 118 Å². The van der Waals surface area contributed by atoms with E-state index >= 15 is 14.4 Å². The summed E-state index contributed by atoms with van der Waals surface area (Å²) in [5.74, 6) is -16.0. The summed E-state index contributed by atoms with van der Waals surface area (Å²) in [5.41, 5.74) is 8.00. The molecule has 18 atom stereocenters. The number of benzene rings is 5. The molecule has 37 heteroatoms. The topological polar surface area (TPSA) is 559 Å². The van der Waals surface area contributed by atoms with E-state index in [0.717, 1.165) is 66.7 Å². The van der Waals surface area contributed by atoms with Gasteiger partial charge in [-0.1, -0.05) is 55.2 Å². The summed E-state index contributed by atoms with van der Waals surface area (Å²) in [6.07, 6.45) is -13.5. The zero-order valence-electron chi connectivity index (χ0n) is 57.0. The van der Waals surface area contributed by atoms with Gasteiger partial charge in [-0.3, -0.25) is 33.6 Å². The Balaban J connectivity index is 0.00000231. The van der Waals surface area contributed by atoms with Gasteiger partial charge in [0, 0.05) is 47.1 Å². The normalized spacial score (nSPS) is 28.4. The van der Waals surface area contributed by atoms with Crippen LogP contribution < -0.4 is 62.9 Å². The molecule has 2 saturated heterocycles. The lowest BCUT2D eigenvalue weighted by molar-refractivity contribution is -0.333. The standard InChI is InChI=1S/C66H75Cl2N9O24.C3H4N2/c1-23(2)12-34(71-5)58(88)76-49-51(83)26-7-10-38(32(67)14-26)97-40-16-28-17-41(55(40)101-65-56(54(86)53(85)42(22-78)99-65)100-44-21-66(4,70)57(87)24(3)96-44)98-39-11-8-27(15-33(39)68)52(84)50-63(93)75-48(64(94)95)31-18-29(79)19-37(81)45(31)30-13-25(6-9-36(30)80)46(60(90)77-50)74-61(91)47(28)73-59(89)35(20-43(69)82)72-62(49)92;1-2-5-3-4-1/h6-11,13-19,23-24,34-35,42,44,46-54,56-57,65,71,78-81,83-87H,12,20-22,70H2,1-5H3,(H2,69,82)(H,72,92)(H,73,89)(H,74,91)(H,75,93)(H,76,88)(H,77,90)(H,94,95);1-3H,(H,4,5)/t24-,34+,35-,42+,44-,46+,47+,48+,49+,50-,51+,52+,53+,54-,56+,57?,65-,66-;/m0./s1. The molecule has 8 heterocycles. The maximum Gasteiger partial charge on any atom is 0.330 e. The number of fused-ring (bicyclic) bond motifs is 15. The molecular weight excluding hydrogens is 1440 g/mol. The highest BCUT2D eigenvalue weighted by molar-refractivity contribution is 6.32. The number of phenolic OH excluding ortho intramolecular Hbond substituents is 3. The van der Waals surface area contributed by atoms with E-state index in [1.165, 1.54) is 33.0 Å². The zero-order chi connectivity index (χ0) is 77.1. The summed E-state index contributed by atoms with van der Waals surface area (Å²) in [6.45, 7) is 5.66. The molecule has 1 unspecified atom stereocenters. The Morgan fingerprint density at radius 3 is 1.92 bits per heavy atom. The van der Waals surface area contributed by atoms with Gasteiger partial charge >= 0.3 is 5.97 Å². The Bertz CT molecular complexity index is 4290. The minimum Gasteiger partial charge on any atom is -0.508 e. The van der Waals surface area contributed by atoms with Crippen molar-refractivity contribution in [2.45, 2.75) is 156 Å². The van der Waals surface area contributed by atoms with Crippen LogP contribution in [-0.2, 0) is 52.6 Å². The Hall–Kier alpha value is -9.99. The van der Waals surface area contributed by atoms with Crippen molar-refractivity contribution in [1.82, 2.24) is 47.2 Å². The van der Waals surface area contributed by atoms with Crippen molar-refractivity contribution in [3.05, 3.63) is 135 Å². The summed E-state index contributed by atoms with van der Waals surface area (Å²) in [6, 6.07) is -0.679. The van der Waals surface area contributed by atoms with Crippen LogP contribution in [0.5, 0.6) is 46.0 Å². The van der Waals surface area contributed by atoms with Gasteiger partial charge in [0.15, 0.2) is 29.9 Å². The summed E-state index contributed by atoms with van der Waals surface area (Å²) >= 11 is 14.1. The molecule has 11 bridgehead atoms. The van der Waals surface area contributed by atoms with E-state index in [-0.39, 0.29) is 46.2 Å². The Morgan fingerprint density at radius 2 is 1.36 bits per heavy atom. The van der Waals surface area contributed by atoms with Crippen LogP contribution in [0.3, 0.4) is 0 Å². The molecule has 7 amide bonds. The second-order valence-electron chi connectivity index (χ2n) is 26.5. The number of hydrogen-bond acceptors (Lipinski definition) is 26. The Morgan fingerprint density at radius 1 is 0.736 bits per heavy atom. The van der Waals surface area contributed by atoms with Gasteiger partial charge < -0.3 is 133 Å². The molecule has 5 aromatic carbocycles. The smallest absolute Gasteiger partial charge is 0.330 e. The Labute approximate surface area is 612 Å². The second-order valence-corrected chi connectivity index (χ2v) is 27.3. The van der Waals surface area contributed by atoms with E-state index in [1.54, 1.807) is 18.7 Å². The number of phenols is 3. The second kappa shape index (κ2) is 32.8. The monoisotopic (exact) mass is 1520 g/mol. The largest absolute Gasteiger partial charge is 0.508 e. The van der Waals surface area contributed by atoms with Crippen molar-refractivity contribution in [3.63, 3.8) is 0 Å². The van der Waals surface area contributed by atoms with Crippen LogP contribution >= 0.6 is 23.2 Å². The van der Waals surface area contributed by atoms with Crippen LogP contribution in [0.2, 0.25) is 10.0 Å². The fourth-order valence-corrected chi connectivity index (χ4v) is 13.2. The summed E-state index contributed by atoms with van der Waals surface area (Å²) < 4.78 is 38.3. The molecule has 1 aromatic heterocycles. The average molecular weight is 1520 g/mol. The molecule has 106 heavy (non-hydrogen) atoms.